The second-order valence-corrected chi connectivity index (χ2v) is 5.18. The molecule has 2 heterocycles. The maximum atomic E-state index is 12.7. The van der Waals surface area contributed by atoms with Gasteiger partial charge in [0.15, 0.2) is 5.58 Å². The number of benzene rings is 1. The van der Waals surface area contributed by atoms with Crippen molar-refractivity contribution in [2.24, 2.45) is 0 Å². The van der Waals surface area contributed by atoms with Crippen LogP contribution in [0.15, 0.2) is 40.1 Å². The van der Waals surface area contributed by atoms with E-state index in [0.717, 1.165) is 11.3 Å². The quantitative estimate of drug-likeness (QED) is 0.798. The van der Waals surface area contributed by atoms with Crippen molar-refractivity contribution in [3.05, 3.63) is 52.0 Å². The predicted molar refractivity (Wildman–Crippen MR) is 74.5 cm³/mol. The van der Waals surface area contributed by atoms with Crippen LogP contribution in [0.3, 0.4) is 0 Å². The maximum Gasteiger partial charge on any atom is 0.265 e. The maximum absolute atomic E-state index is 12.7. The van der Waals surface area contributed by atoms with Gasteiger partial charge in [0, 0.05) is 5.56 Å². The van der Waals surface area contributed by atoms with Crippen molar-refractivity contribution in [1.29, 1.82) is 0 Å². The highest BCUT2D eigenvalue weighted by molar-refractivity contribution is 7.12. The number of carbonyl (C=O) groups excluding carboxylic acids is 1. The number of carbonyl (C=O) groups is 1. The Hall–Kier alpha value is -2.28. The number of oxazole rings is 1. The van der Waals surface area contributed by atoms with Crippen LogP contribution in [0.1, 0.15) is 27.6 Å². The predicted octanol–water partition coefficient (Wildman–Crippen LogP) is 3.76. The number of halogens is 2. The van der Waals surface area contributed by atoms with Crippen molar-refractivity contribution in [3.8, 4) is 0 Å². The second kappa shape index (κ2) is 5.61. The SMILES string of the molecule is O=C(NCc1nc2ccccc2o1)c1sccc1C(F)F. The number of hydrogen-bond acceptors (Lipinski definition) is 4. The summed E-state index contributed by atoms with van der Waals surface area (Å²) >= 11 is 0.983. The normalized spacial score (nSPS) is 11.2. The van der Waals surface area contributed by atoms with E-state index in [0.29, 0.717) is 17.0 Å². The van der Waals surface area contributed by atoms with Crippen molar-refractivity contribution in [3.63, 3.8) is 0 Å². The lowest BCUT2D eigenvalue weighted by molar-refractivity contribution is 0.0939. The summed E-state index contributed by atoms with van der Waals surface area (Å²) in [6, 6.07) is 8.45. The molecule has 3 rings (SSSR count). The summed E-state index contributed by atoms with van der Waals surface area (Å²) in [6.45, 7) is 0.0497. The average Bonchev–Trinajstić information content (AvgIpc) is 3.10. The van der Waals surface area contributed by atoms with Gasteiger partial charge >= 0.3 is 0 Å². The highest BCUT2D eigenvalue weighted by atomic mass is 32.1. The van der Waals surface area contributed by atoms with E-state index >= 15 is 0 Å². The minimum atomic E-state index is -2.67. The van der Waals surface area contributed by atoms with Crippen LogP contribution in [-0.4, -0.2) is 10.9 Å². The molecule has 0 atom stereocenters. The molecule has 1 aromatic carbocycles. The van der Waals surface area contributed by atoms with E-state index in [9.17, 15) is 13.6 Å². The van der Waals surface area contributed by atoms with Gasteiger partial charge in [-0.15, -0.1) is 11.3 Å². The van der Waals surface area contributed by atoms with Crippen molar-refractivity contribution in [1.82, 2.24) is 10.3 Å². The Labute approximate surface area is 122 Å². The van der Waals surface area contributed by atoms with E-state index in [-0.39, 0.29) is 17.0 Å². The first-order valence-electron chi connectivity index (χ1n) is 6.13. The van der Waals surface area contributed by atoms with Gasteiger partial charge < -0.3 is 9.73 Å². The second-order valence-electron chi connectivity index (χ2n) is 4.26. The third kappa shape index (κ3) is 2.78. The summed E-state index contributed by atoms with van der Waals surface area (Å²) < 4.78 is 30.9. The molecule has 0 spiro atoms. The summed E-state index contributed by atoms with van der Waals surface area (Å²) in [6.07, 6.45) is -2.67. The zero-order valence-corrected chi connectivity index (χ0v) is 11.5. The van der Waals surface area contributed by atoms with Gasteiger partial charge in [-0.25, -0.2) is 13.8 Å². The number of rotatable bonds is 4. The van der Waals surface area contributed by atoms with Crippen LogP contribution in [0.4, 0.5) is 8.78 Å². The number of fused-ring (bicyclic) bond motifs is 1. The molecule has 0 radical (unpaired) electrons. The topological polar surface area (TPSA) is 55.1 Å². The van der Waals surface area contributed by atoms with Crippen LogP contribution in [0.2, 0.25) is 0 Å². The molecule has 0 aliphatic carbocycles. The summed E-state index contributed by atoms with van der Waals surface area (Å²) in [5, 5.41) is 4.01. The molecule has 1 amide bonds. The van der Waals surface area contributed by atoms with E-state index in [1.165, 1.54) is 11.4 Å². The van der Waals surface area contributed by atoms with Crippen LogP contribution >= 0.6 is 11.3 Å². The van der Waals surface area contributed by atoms with E-state index in [1.54, 1.807) is 12.1 Å². The molecule has 21 heavy (non-hydrogen) atoms. The molecule has 0 unspecified atom stereocenters. The number of thiophene rings is 1. The van der Waals surface area contributed by atoms with Gasteiger partial charge in [-0.1, -0.05) is 12.1 Å². The third-order valence-corrected chi connectivity index (χ3v) is 3.80. The van der Waals surface area contributed by atoms with E-state index in [1.807, 2.05) is 12.1 Å². The largest absolute Gasteiger partial charge is 0.439 e. The molecule has 1 N–H and O–H groups in total. The number of hydrogen-bond donors (Lipinski definition) is 1. The minimum Gasteiger partial charge on any atom is -0.439 e. The molecule has 7 heteroatoms. The minimum absolute atomic E-state index is 0.0149. The first kappa shape index (κ1) is 13.7. The number of para-hydroxylation sites is 2. The van der Waals surface area contributed by atoms with Gasteiger partial charge in [0.25, 0.3) is 12.3 Å². The highest BCUT2D eigenvalue weighted by Gasteiger charge is 2.20. The van der Waals surface area contributed by atoms with Crippen LogP contribution in [0.25, 0.3) is 11.1 Å². The van der Waals surface area contributed by atoms with Crippen LogP contribution in [0, 0.1) is 0 Å². The smallest absolute Gasteiger partial charge is 0.265 e. The van der Waals surface area contributed by atoms with Crippen LogP contribution < -0.4 is 5.32 Å². The van der Waals surface area contributed by atoms with Crippen LogP contribution in [0.5, 0.6) is 0 Å². The first-order chi connectivity index (χ1) is 10.1. The molecule has 0 fully saturated rings. The number of nitrogens with one attached hydrogen (secondary N) is 1. The van der Waals surface area contributed by atoms with E-state index in [4.69, 9.17) is 4.42 Å². The Kier molecular flexibility index (Phi) is 3.66. The standard InChI is InChI=1S/C14H10F2N2O2S/c15-13(16)8-5-6-21-12(8)14(19)17-7-11-18-9-3-1-2-4-10(9)20-11/h1-6,13H,7H2,(H,17,19). The summed E-state index contributed by atoms with van der Waals surface area (Å²) in [5.41, 5.74) is 1.05. The fourth-order valence-electron chi connectivity index (χ4n) is 1.91. The molecule has 108 valence electrons. The fourth-order valence-corrected chi connectivity index (χ4v) is 2.73. The van der Waals surface area contributed by atoms with Crippen molar-refractivity contribution in [2.45, 2.75) is 13.0 Å². The molecular weight excluding hydrogens is 298 g/mol. The molecule has 0 aliphatic heterocycles. The molecule has 2 aromatic heterocycles. The number of nitrogens with zero attached hydrogens (tertiary/aromatic N) is 1. The Bertz CT molecular complexity index is 749. The third-order valence-electron chi connectivity index (χ3n) is 2.88. The molecular formula is C14H10F2N2O2S. The van der Waals surface area contributed by atoms with E-state index < -0.39 is 12.3 Å². The molecule has 0 saturated heterocycles. The van der Waals surface area contributed by atoms with Gasteiger partial charge in [0.05, 0.1) is 6.54 Å². The van der Waals surface area contributed by atoms with Gasteiger partial charge in [-0.2, -0.15) is 0 Å². The molecule has 0 aliphatic rings. The lowest BCUT2D eigenvalue weighted by Gasteiger charge is -2.03. The van der Waals surface area contributed by atoms with Crippen molar-refractivity contribution < 1.29 is 18.0 Å². The van der Waals surface area contributed by atoms with Gasteiger partial charge in [-0.05, 0) is 23.6 Å². The molecule has 0 saturated carbocycles. The molecule has 0 bridgehead atoms. The highest BCUT2D eigenvalue weighted by Crippen LogP contribution is 2.27. The average molecular weight is 308 g/mol. The summed E-state index contributed by atoms with van der Waals surface area (Å²) in [7, 11) is 0. The van der Waals surface area contributed by atoms with Gasteiger partial charge in [0.2, 0.25) is 5.89 Å². The Balaban J connectivity index is 1.72. The van der Waals surface area contributed by atoms with Crippen molar-refractivity contribution >= 4 is 28.3 Å². The zero-order valence-electron chi connectivity index (χ0n) is 10.7. The Morgan fingerprint density at radius 3 is 2.90 bits per heavy atom. The Morgan fingerprint density at radius 1 is 1.33 bits per heavy atom. The molecule has 4 nitrogen and oxygen atoms in total. The number of amides is 1. The summed E-state index contributed by atoms with van der Waals surface area (Å²) in [4.78, 5) is 16.1. The van der Waals surface area contributed by atoms with Crippen LogP contribution in [-0.2, 0) is 6.54 Å². The number of aromatic nitrogens is 1. The first-order valence-corrected chi connectivity index (χ1v) is 7.01. The fraction of sp³-hybridized carbons (Fsp3) is 0.143. The van der Waals surface area contributed by atoms with E-state index in [2.05, 4.69) is 10.3 Å². The van der Waals surface area contributed by atoms with Crippen molar-refractivity contribution in [2.75, 3.05) is 0 Å². The lowest BCUT2D eigenvalue weighted by atomic mass is 10.2. The summed E-state index contributed by atoms with van der Waals surface area (Å²) in [5.74, 6) is -0.220. The monoisotopic (exact) mass is 308 g/mol. The van der Waals surface area contributed by atoms with Gasteiger partial charge in [-0.3, -0.25) is 4.79 Å². The van der Waals surface area contributed by atoms with Gasteiger partial charge in [0.1, 0.15) is 10.4 Å². The Morgan fingerprint density at radius 2 is 2.14 bits per heavy atom. The lowest BCUT2D eigenvalue weighted by Crippen LogP contribution is -2.23. The molecule has 3 aromatic rings. The number of alkyl halides is 2. The zero-order chi connectivity index (χ0) is 14.8.